The maximum atomic E-state index is 11.7. The lowest BCUT2D eigenvalue weighted by Gasteiger charge is -2.55. The van der Waals surface area contributed by atoms with E-state index in [1.807, 2.05) is 0 Å². The molecule has 31 heavy (non-hydrogen) atoms. The van der Waals surface area contributed by atoms with E-state index in [0.29, 0.717) is 23.7 Å². The molecule has 3 rings (SSSR count). The van der Waals surface area contributed by atoms with Crippen molar-refractivity contribution in [2.75, 3.05) is 6.61 Å². The van der Waals surface area contributed by atoms with Crippen molar-refractivity contribution in [2.24, 2.45) is 46.3 Å². The lowest BCUT2D eigenvalue weighted by molar-refractivity contribution is -0.145. The van der Waals surface area contributed by atoms with Crippen LogP contribution < -0.4 is 0 Å². The summed E-state index contributed by atoms with van der Waals surface area (Å²) < 4.78 is 0. The number of hydrogen-bond donors (Lipinski definition) is 4. The fourth-order valence-corrected chi connectivity index (χ4v) is 8.20. The highest BCUT2D eigenvalue weighted by Gasteiger charge is 2.57. The molecule has 0 spiro atoms. The Hall–Kier alpha value is -0.160. The molecular formula is C27H50O4. The van der Waals surface area contributed by atoms with E-state index in [0.717, 1.165) is 64.2 Å². The van der Waals surface area contributed by atoms with Gasteiger partial charge in [0.1, 0.15) is 0 Å². The van der Waals surface area contributed by atoms with Crippen LogP contribution in [-0.2, 0) is 0 Å². The summed E-state index contributed by atoms with van der Waals surface area (Å²) >= 11 is 0. The van der Waals surface area contributed by atoms with E-state index in [2.05, 4.69) is 34.6 Å². The molecule has 3 fully saturated rings. The Morgan fingerprint density at radius 3 is 2.29 bits per heavy atom. The first-order valence-electron chi connectivity index (χ1n) is 13.2. The van der Waals surface area contributed by atoms with Crippen molar-refractivity contribution in [3.63, 3.8) is 0 Å². The third-order valence-corrected chi connectivity index (χ3v) is 10.4. The van der Waals surface area contributed by atoms with Crippen LogP contribution in [0.5, 0.6) is 0 Å². The van der Waals surface area contributed by atoms with Crippen molar-refractivity contribution in [2.45, 2.75) is 117 Å². The van der Waals surface area contributed by atoms with E-state index in [-0.39, 0.29) is 47.6 Å². The first-order valence-corrected chi connectivity index (χ1v) is 13.2. The molecule has 3 aliphatic rings. The first kappa shape index (κ1) is 25.5. The number of aliphatic hydroxyl groups excluding tert-OH is 4. The van der Waals surface area contributed by atoms with Gasteiger partial charge in [0.15, 0.2) is 0 Å². The van der Waals surface area contributed by atoms with Crippen LogP contribution in [0.3, 0.4) is 0 Å². The van der Waals surface area contributed by atoms with Crippen LogP contribution in [0.2, 0.25) is 0 Å². The van der Waals surface area contributed by atoms with Crippen molar-refractivity contribution < 1.29 is 20.4 Å². The fraction of sp³-hybridized carbons (Fsp3) is 1.00. The summed E-state index contributed by atoms with van der Waals surface area (Å²) in [6.45, 7) is 11.4. The Kier molecular flexibility index (Phi) is 8.21. The molecule has 4 N–H and O–H groups in total. The van der Waals surface area contributed by atoms with Gasteiger partial charge in [-0.15, -0.1) is 0 Å². The molecule has 0 radical (unpaired) electrons. The molecule has 0 aromatic carbocycles. The summed E-state index contributed by atoms with van der Waals surface area (Å²) in [5.74, 6) is 2.27. The number of hydrogen-bond acceptors (Lipinski definition) is 4. The highest BCUT2D eigenvalue weighted by Crippen LogP contribution is 2.62. The summed E-state index contributed by atoms with van der Waals surface area (Å²) in [6, 6.07) is 0. The number of rotatable bonds is 8. The molecule has 0 aromatic rings. The molecule has 0 amide bonds. The van der Waals surface area contributed by atoms with Gasteiger partial charge in [0.25, 0.3) is 0 Å². The van der Waals surface area contributed by atoms with E-state index in [9.17, 15) is 20.4 Å². The van der Waals surface area contributed by atoms with Gasteiger partial charge in [0.05, 0.1) is 18.3 Å². The highest BCUT2D eigenvalue weighted by atomic mass is 16.3. The standard InChI is InChI=1S/C27H50O4/c1-17(2)6-11-24(30)18(3)22-9-10-23(27(22,5)14-15-28)21-8-7-19-16-20(29)12-13-26(19,4)25(21)31/h17-25,28-31H,6-16H2,1-5H3/t18-,19-,20-,21?,22+,23?,24+,25-,26-,27+/m0/s1. The minimum Gasteiger partial charge on any atom is -0.396 e. The average molecular weight is 439 g/mol. The van der Waals surface area contributed by atoms with Crippen LogP contribution in [0.25, 0.3) is 0 Å². The molecule has 0 saturated heterocycles. The van der Waals surface area contributed by atoms with Crippen LogP contribution >= 0.6 is 0 Å². The summed E-state index contributed by atoms with van der Waals surface area (Å²) in [5, 5.41) is 42.8. The van der Waals surface area contributed by atoms with Crippen LogP contribution in [0.1, 0.15) is 98.8 Å². The maximum Gasteiger partial charge on any atom is 0.0627 e. The largest absolute Gasteiger partial charge is 0.396 e. The molecule has 4 nitrogen and oxygen atoms in total. The molecule has 3 saturated carbocycles. The Morgan fingerprint density at radius 1 is 0.935 bits per heavy atom. The Morgan fingerprint density at radius 2 is 1.65 bits per heavy atom. The zero-order chi connectivity index (χ0) is 23.0. The monoisotopic (exact) mass is 438 g/mol. The second-order valence-electron chi connectivity index (χ2n) is 12.5. The SMILES string of the molecule is CC(C)CC[C@@H](O)[C@@H](C)[C@H]1CCC(C2CC[C@H]3C[C@@H](O)CC[C@]3(C)[C@H]2O)[C@]1(C)CCO. The molecule has 10 atom stereocenters. The third-order valence-electron chi connectivity index (χ3n) is 10.4. The molecular weight excluding hydrogens is 388 g/mol. The van der Waals surface area contributed by atoms with Crippen LogP contribution in [0.15, 0.2) is 0 Å². The van der Waals surface area contributed by atoms with Gasteiger partial charge in [-0.1, -0.05) is 34.6 Å². The van der Waals surface area contributed by atoms with E-state index in [4.69, 9.17) is 0 Å². The zero-order valence-electron chi connectivity index (χ0n) is 20.8. The lowest BCUT2D eigenvalue weighted by Crippen LogP contribution is -2.54. The van der Waals surface area contributed by atoms with Crippen LogP contribution in [-0.4, -0.2) is 45.3 Å². The van der Waals surface area contributed by atoms with Crippen molar-refractivity contribution in [1.29, 1.82) is 0 Å². The van der Waals surface area contributed by atoms with Gasteiger partial charge >= 0.3 is 0 Å². The quantitative estimate of drug-likeness (QED) is 0.440. The van der Waals surface area contributed by atoms with Gasteiger partial charge in [-0.3, -0.25) is 0 Å². The predicted octanol–water partition coefficient (Wildman–Crippen LogP) is 4.77. The van der Waals surface area contributed by atoms with Crippen LogP contribution in [0.4, 0.5) is 0 Å². The summed E-state index contributed by atoms with van der Waals surface area (Å²) in [6.07, 6.45) is 8.67. The number of fused-ring (bicyclic) bond motifs is 1. The van der Waals surface area contributed by atoms with Gasteiger partial charge in [-0.05, 0) is 111 Å². The smallest absolute Gasteiger partial charge is 0.0627 e. The topological polar surface area (TPSA) is 80.9 Å². The zero-order valence-corrected chi connectivity index (χ0v) is 20.8. The first-order chi connectivity index (χ1) is 14.5. The Labute approximate surface area is 190 Å². The minimum absolute atomic E-state index is 0.0456. The molecule has 4 heteroatoms. The van der Waals surface area contributed by atoms with Crippen molar-refractivity contribution in [3.8, 4) is 0 Å². The molecule has 182 valence electrons. The lowest BCUT2D eigenvalue weighted by atomic mass is 9.51. The van der Waals surface area contributed by atoms with Crippen molar-refractivity contribution >= 4 is 0 Å². The van der Waals surface area contributed by atoms with Gasteiger partial charge < -0.3 is 20.4 Å². The van der Waals surface area contributed by atoms with Gasteiger partial charge in [0.2, 0.25) is 0 Å². The minimum atomic E-state index is -0.332. The molecule has 3 aliphatic carbocycles. The molecule has 0 aliphatic heterocycles. The average Bonchev–Trinajstić information content (AvgIpc) is 3.04. The Bertz CT molecular complexity index is 580. The van der Waals surface area contributed by atoms with Crippen LogP contribution in [0, 0.1) is 46.3 Å². The van der Waals surface area contributed by atoms with Crippen molar-refractivity contribution in [3.05, 3.63) is 0 Å². The van der Waals surface area contributed by atoms with Crippen molar-refractivity contribution in [1.82, 2.24) is 0 Å². The van der Waals surface area contributed by atoms with E-state index < -0.39 is 0 Å². The van der Waals surface area contributed by atoms with Gasteiger partial charge in [0, 0.05) is 6.61 Å². The maximum absolute atomic E-state index is 11.7. The highest BCUT2D eigenvalue weighted by molar-refractivity contribution is 5.07. The molecule has 0 bridgehead atoms. The van der Waals surface area contributed by atoms with E-state index >= 15 is 0 Å². The summed E-state index contributed by atoms with van der Waals surface area (Å²) in [5.41, 5.74) is -0.140. The number of aliphatic hydroxyl groups is 4. The van der Waals surface area contributed by atoms with E-state index in [1.165, 1.54) is 0 Å². The Balaban J connectivity index is 1.78. The van der Waals surface area contributed by atoms with Gasteiger partial charge in [-0.2, -0.15) is 0 Å². The summed E-state index contributed by atoms with van der Waals surface area (Å²) in [7, 11) is 0. The van der Waals surface area contributed by atoms with Gasteiger partial charge in [-0.25, -0.2) is 0 Å². The fourth-order valence-electron chi connectivity index (χ4n) is 8.20. The molecule has 0 heterocycles. The molecule has 0 aromatic heterocycles. The third kappa shape index (κ3) is 4.88. The summed E-state index contributed by atoms with van der Waals surface area (Å²) in [4.78, 5) is 0. The molecule has 2 unspecified atom stereocenters. The predicted molar refractivity (Wildman–Crippen MR) is 125 cm³/mol. The second-order valence-corrected chi connectivity index (χ2v) is 12.5. The second kappa shape index (κ2) is 9.99. The van der Waals surface area contributed by atoms with E-state index in [1.54, 1.807) is 0 Å². The normalized spacial score (nSPS) is 45.5.